The molecule has 0 N–H and O–H groups in total. The molecule has 0 aliphatic rings. The zero-order valence-electron chi connectivity index (χ0n) is 8.44. The van der Waals surface area contributed by atoms with Crippen LogP contribution in [0.25, 0.3) is 0 Å². The van der Waals surface area contributed by atoms with Crippen molar-refractivity contribution in [2.24, 2.45) is 0 Å². The van der Waals surface area contributed by atoms with Crippen LogP contribution in [0, 0.1) is 0 Å². The van der Waals surface area contributed by atoms with Gasteiger partial charge >= 0.3 is 5.97 Å². The summed E-state index contributed by atoms with van der Waals surface area (Å²) in [5, 5.41) is 0. The maximum atomic E-state index is 11.3. The van der Waals surface area contributed by atoms with Gasteiger partial charge in [-0.15, -0.1) is 0 Å². The smallest absolute Gasteiger partial charge is 0.347 e. The summed E-state index contributed by atoms with van der Waals surface area (Å²) in [7, 11) is 0. The van der Waals surface area contributed by atoms with Crippen LogP contribution < -0.4 is 4.74 Å². The Hall–Kier alpha value is -1.17. The molecule has 5 nitrogen and oxygen atoms in total. The van der Waals surface area contributed by atoms with Crippen LogP contribution in [0.15, 0.2) is 17.0 Å². The molecule has 15 heavy (non-hydrogen) atoms. The number of esters is 1. The largest absolute Gasteiger partial charge is 0.463 e. The van der Waals surface area contributed by atoms with Crippen LogP contribution in [0.4, 0.5) is 0 Å². The number of aromatic nitrogens is 2. The molecule has 0 fully saturated rings. The molecule has 0 aromatic carbocycles. The summed E-state index contributed by atoms with van der Waals surface area (Å²) in [5.41, 5.74) is 0. The Morgan fingerprint density at radius 2 is 2.40 bits per heavy atom. The standard InChI is InChI=1S/C9H11BrN2O3/c1-3-14-9(13)6(2)15-8-7(10)4-11-5-12-8/h4-6H,3H2,1-2H3. The van der Waals surface area contributed by atoms with E-state index in [1.807, 2.05) is 0 Å². The fraction of sp³-hybridized carbons (Fsp3) is 0.444. The van der Waals surface area contributed by atoms with E-state index in [9.17, 15) is 4.79 Å². The fourth-order valence-electron chi connectivity index (χ4n) is 0.863. The second-order valence-electron chi connectivity index (χ2n) is 2.69. The third-order valence-corrected chi connectivity index (χ3v) is 2.08. The van der Waals surface area contributed by atoms with Crippen LogP contribution in [0.3, 0.4) is 0 Å². The number of nitrogens with zero attached hydrogens (tertiary/aromatic N) is 2. The number of hydrogen-bond acceptors (Lipinski definition) is 5. The molecule has 82 valence electrons. The predicted molar refractivity (Wildman–Crippen MR) is 56.5 cm³/mol. The van der Waals surface area contributed by atoms with Crippen LogP contribution >= 0.6 is 15.9 Å². The first-order valence-electron chi connectivity index (χ1n) is 4.44. The number of rotatable bonds is 4. The van der Waals surface area contributed by atoms with Crippen LogP contribution in [-0.2, 0) is 9.53 Å². The van der Waals surface area contributed by atoms with Crippen molar-refractivity contribution in [3.8, 4) is 5.88 Å². The second-order valence-corrected chi connectivity index (χ2v) is 3.54. The first-order valence-corrected chi connectivity index (χ1v) is 5.23. The molecular formula is C9H11BrN2O3. The van der Waals surface area contributed by atoms with Gasteiger partial charge in [0.25, 0.3) is 0 Å². The minimum absolute atomic E-state index is 0.325. The Labute approximate surface area is 96.0 Å². The van der Waals surface area contributed by atoms with Crippen molar-refractivity contribution in [1.82, 2.24) is 9.97 Å². The average Bonchev–Trinajstić information content (AvgIpc) is 2.21. The summed E-state index contributed by atoms with van der Waals surface area (Å²) in [6.45, 7) is 3.68. The summed E-state index contributed by atoms with van der Waals surface area (Å²) < 4.78 is 10.7. The molecule has 1 atom stereocenters. The topological polar surface area (TPSA) is 61.3 Å². The Bertz CT molecular complexity index is 346. The van der Waals surface area contributed by atoms with Crippen molar-refractivity contribution >= 4 is 21.9 Å². The molecule has 1 heterocycles. The normalized spacial score (nSPS) is 11.9. The quantitative estimate of drug-likeness (QED) is 0.780. The highest BCUT2D eigenvalue weighted by molar-refractivity contribution is 9.10. The van der Waals surface area contributed by atoms with Crippen LogP contribution in [0.2, 0.25) is 0 Å². The molecule has 0 aliphatic heterocycles. The fourth-order valence-corrected chi connectivity index (χ4v) is 1.18. The molecule has 6 heteroatoms. The molecule has 0 saturated heterocycles. The highest BCUT2D eigenvalue weighted by atomic mass is 79.9. The Morgan fingerprint density at radius 1 is 1.67 bits per heavy atom. The molecule has 0 spiro atoms. The molecule has 0 aliphatic carbocycles. The summed E-state index contributed by atoms with van der Waals surface area (Å²) in [4.78, 5) is 18.9. The van der Waals surface area contributed by atoms with Crippen LogP contribution in [0.5, 0.6) is 5.88 Å². The lowest BCUT2D eigenvalue weighted by molar-refractivity contribution is -0.150. The Balaban J connectivity index is 2.62. The number of hydrogen-bond donors (Lipinski definition) is 0. The third kappa shape index (κ3) is 3.47. The number of halogens is 1. The van der Waals surface area contributed by atoms with Crippen molar-refractivity contribution in [2.45, 2.75) is 20.0 Å². The minimum atomic E-state index is -0.684. The first-order chi connectivity index (χ1) is 7.15. The SMILES string of the molecule is CCOC(=O)C(C)Oc1ncncc1Br. The van der Waals surface area contributed by atoms with Gasteiger partial charge in [0.05, 0.1) is 11.1 Å². The van der Waals surface area contributed by atoms with E-state index in [4.69, 9.17) is 9.47 Å². The summed E-state index contributed by atoms with van der Waals surface area (Å²) in [5.74, 6) is -0.0893. The second kappa shape index (κ2) is 5.65. The van der Waals surface area contributed by atoms with Crippen molar-refractivity contribution in [3.05, 3.63) is 17.0 Å². The lowest BCUT2D eigenvalue weighted by Crippen LogP contribution is -2.26. The number of carbonyl (C=O) groups is 1. The van der Waals surface area contributed by atoms with Crippen LogP contribution in [0.1, 0.15) is 13.8 Å². The zero-order chi connectivity index (χ0) is 11.3. The highest BCUT2D eigenvalue weighted by Gasteiger charge is 2.17. The molecule has 0 radical (unpaired) electrons. The monoisotopic (exact) mass is 274 g/mol. The van der Waals surface area contributed by atoms with E-state index in [0.717, 1.165) is 0 Å². The van der Waals surface area contributed by atoms with E-state index in [0.29, 0.717) is 17.0 Å². The van der Waals surface area contributed by atoms with Gasteiger partial charge in [0.15, 0.2) is 6.10 Å². The molecule has 0 saturated carbocycles. The maximum absolute atomic E-state index is 11.3. The zero-order valence-corrected chi connectivity index (χ0v) is 10.0. The summed E-state index contributed by atoms with van der Waals surface area (Å²) >= 11 is 3.21. The highest BCUT2D eigenvalue weighted by Crippen LogP contribution is 2.20. The molecule has 1 unspecified atom stereocenters. The van der Waals surface area contributed by atoms with E-state index < -0.39 is 12.1 Å². The summed E-state index contributed by atoms with van der Waals surface area (Å²) in [6, 6.07) is 0. The molecule has 1 rings (SSSR count). The van der Waals surface area contributed by atoms with Gasteiger partial charge in [0.2, 0.25) is 5.88 Å². The molecule has 1 aromatic rings. The van der Waals surface area contributed by atoms with E-state index in [2.05, 4.69) is 25.9 Å². The van der Waals surface area contributed by atoms with E-state index in [1.165, 1.54) is 6.33 Å². The Morgan fingerprint density at radius 3 is 3.00 bits per heavy atom. The van der Waals surface area contributed by atoms with Crippen molar-refractivity contribution in [1.29, 1.82) is 0 Å². The van der Waals surface area contributed by atoms with Gasteiger partial charge in [-0.05, 0) is 29.8 Å². The Kier molecular flexibility index (Phi) is 4.48. The van der Waals surface area contributed by atoms with Crippen molar-refractivity contribution in [3.63, 3.8) is 0 Å². The van der Waals surface area contributed by atoms with Crippen molar-refractivity contribution < 1.29 is 14.3 Å². The van der Waals surface area contributed by atoms with E-state index in [-0.39, 0.29) is 0 Å². The van der Waals surface area contributed by atoms with Crippen LogP contribution in [-0.4, -0.2) is 28.6 Å². The van der Waals surface area contributed by atoms with E-state index in [1.54, 1.807) is 20.0 Å². The lowest BCUT2D eigenvalue weighted by Gasteiger charge is -2.12. The number of ether oxygens (including phenoxy) is 2. The molecule has 0 amide bonds. The van der Waals surface area contributed by atoms with Gasteiger partial charge in [0.1, 0.15) is 6.33 Å². The van der Waals surface area contributed by atoms with Crippen molar-refractivity contribution in [2.75, 3.05) is 6.61 Å². The minimum Gasteiger partial charge on any atom is -0.463 e. The molecule has 1 aromatic heterocycles. The average molecular weight is 275 g/mol. The molecule has 0 bridgehead atoms. The van der Waals surface area contributed by atoms with Gasteiger partial charge in [0, 0.05) is 6.20 Å². The third-order valence-electron chi connectivity index (χ3n) is 1.54. The molecular weight excluding hydrogens is 264 g/mol. The predicted octanol–water partition coefficient (Wildman–Crippen LogP) is 1.57. The lowest BCUT2D eigenvalue weighted by atomic mass is 10.4. The van der Waals surface area contributed by atoms with Gasteiger partial charge in [-0.1, -0.05) is 0 Å². The maximum Gasteiger partial charge on any atom is 0.347 e. The number of carbonyl (C=O) groups excluding carboxylic acids is 1. The first kappa shape index (κ1) is 11.9. The van der Waals surface area contributed by atoms with E-state index >= 15 is 0 Å². The van der Waals surface area contributed by atoms with Gasteiger partial charge in [-0.25, -0.2) is 14.8 Å². The van der Waals surface area contributed by atoms with Gasteiger partial charge in [-0.2, -0.15) is 0 Å². The van der Waals surface area contributed by atoms with Gasteiger partial charge in [-0.3, -0.25) is 0 Å². The van der Waals surface area contributed by atoms with Gasteiger partial charge < -0.3 is 9.47 Å². The summed E-state index contributed by atoms with van der Waals surface area (Å²) in [6.07, 6.45) is 2.20.